The second-order valence-corrected chi connectivity index (χ2v) is 4.96. The van der Waals surface area contributed by atoms with E-state index in [1.165, 1.54) is 24.0 Å². The first-order chi connectivity index (χ1) is 7.14. The topological polar surface area (TPSA) is 20.2 Å². The molecule has 1 heteroatoms. The first-order valence-electron chi connectivity index (χ1n) is 5.92. The summed E-state index contributed by atoms with van der Waals surface area (Å²) in [7, 11) is 0. The third-order valence-electron chi connectivity index (χ3n) is 3.47. The second kappa shape index (κ2) is 3.97. The zero-order chi connectivity index (χ0) is 10.9. The molecule has 0 aromatic heterocycles. The van der Waals surface area contributed by atoms with Crippen LogP contribution in [0.15, 0.2) is 24.3 Å². The number of hydrogen-bond donors (Lipinski definition) is 1. The number of benzene rings is 1. The molecule has 0 amide bonds. The summed E-state index contributed by atoms with van der Waals surface area (Å²) in [6.45, 7) is 4.28. The molecule has 0 spiro atoms. The third-order valence-corrected chi connectivity index (χ3v) is 3.47. The minimum absolute atomic E-state index is 0.384. The van der Waals surface area contributed by atoms with Crippen molar-refractivity contribution < 1.29 is 5.11 Å². The highest BCUT2D eigenvalue weighted by Crippen LogP contribution is 2.48. The fourth-order valence-electron chi connectivity index (χ4n) is 2.36. The van der Waals surface area contributed by atoms with Crippen LogP contribution in [0, 0.1) is 12.8 Å². The average Bonchev–Trinajstić information content (AvgIpc) is 2.82. The van der Waals surface area contributed by atoms with E-state index in [1.54, 1.807) is 0 Å². The quantitative estimate of drug-likeness (QED) is 0.799. The van der Waals surface area contributed by atoms with Crippen LogP contribution < -0.4 is 0 Å². The van der Waals surface area contributed by atoms with E-state index in [0.717, 1.165) is 12.8 Å². The van der Waals surface area contributed by atoms with Crippen LogP contribution >= 0.6 is 0 Å². The predicted octanol–water partition coefficient (Wildman–Crippen LogP) is 3.09. The number of hydrogen-bond acceptors (Lipinski definition) is 1. The van der Waals surface area contributed by atoms with Gasteiger partial charge in [-0.25, -0.2) is 0 Å². The lowest BCUT2D eigenvalue weighted by Gasteiger charge is -2.10. The summed E-state index contributed by atoms with van der Waals surface area (Å²) in [5.41, 5.74) is 2.17. The molecule has 2 atom stereocenters. The van der Waals surface area contributed by atoms with E-state index in [4.69, 9.17) is 0 Å². The smallest absolute Gasteiger partial charge is 0.0720 e. The van der Waals surface area contributed by atoms with Crippen molar-refractivity contribution in [2.75, 3.05) is 0 Å². The molecule has 1 aromatic carbocycles. The number of aliphatic hydroxyl groups is 1. The summed E-state index contributed by atoms with van der Waals surface area (Å²) in [4.78, 5) is 0. The van der Waals surface area contributed by atoms with Gasteiger partial charge in [0.25, 0.3) is 0 Å². The van der Waals surface area contributed by atoms with Crippen molar-refractivity contribution in [3.8, 4) is 0 Å². The van der Waals surface area contributed by atoms with Gasteiger partial charge in [-0.05, 0) is 31.2 Å². The Bertz CT molecular complexity index is 328. The van der Waals surface area contributed by atoms with Gasteiger partial charge >= 0.3 is 0 Å². The van der Waals surface area contributed by atoms with Gasteiger partial charge in [-0.15, -0.1) is 0 Å². The zero-order valence-corrected chi connectivity index (χ0v) is 9.66. The normalized spacial score (nSPS) is 29.1. The fourth-order valence-corrected chi connectivity index (χ4v) is 2.36. The highest BCUT2D eigenvalue weighted by atomic mass is 16.3. The lowest BCUT2D eigenvalue weighted by Crippen LogP contribution is -2.14. The molecular formula is C14H20O. The van der Waals surface area contributed by atoms with Crippen LogP contribution in [0.2, 0.25) is 0 Å². The van der Waals surface area contributed by atoms with Crippen molar-refractivity contribution in [3.63, 3.8) is 0 Å². The molecule has 0 heterocycles. The predicted molar refractivity (Wildman–Crippen MR) is 62.8 cm³/mol. The SMILES string of the molecule is CCCC1CC1(O)Cc1ccc(C)cc1. The first-order valence-corrected chi connectivity index (χ1v) is 5.92. The molecule has 1 aliphatic carbocycles. The van der Waals surface area contributed by atoms with E-state index in [-0.39, 0.29) is 5.60 Å². The van der Waals surface area contributed by atoms with Crippen LogP contribution in [0.3, 0.4) is 0 Å². The minimum Gasteiger partial charge on any atom is -0.389 e. The highest BCUT2D eigenvalue weighted by Gasteiger charge is 2.51. The summed E-state index contributed by atoms with van der Waals surface area (Å²) in [5.74, 6) is 0.545. The van der Waals surface area contributed by atoms with Crippen LogP contribution in [0.5, 0.6) is 0 Å². The molecule has 1 saturated carbocycles. The van der Waals surface area contributed by atoms with Crippen molar-refractivity contribution in [1.82, 2.24) is 0 Å². The molecule has 1 fully saturated rings. The van der Waals surface area contributed by atoms with Crippen LogP contribution in [0.4, 0.5) is 0 Å². The maximum Gasteiger partial charge on any atom is 0.0720 e. The molecule has 1 N–H and O–H groups in total. The van der Waals surface area contributed by atoms with Gasteiger partial charge in [0.2, 0.25) is 0 Å². The Labute approximate surface area is 92.1 Å². The van der Waals surface area contributed by atoms with E-state index in [9.17, 15) is 5.11 Å². The fraction of sp³-hybridized carbons (Fsp3) is 0.571. The monoisotopic (exact) mass is 204 g/mol. The van der Waals surface area contributed by atoms with E-state index in [0.29, 0.717) is 5.92 Å². The van der Waals surface area contributed by atoms with Crippen molar-refractivity contribution in [3.05, 3.63) is 35.4 Å². The lowest BCUT2D eigenvalue weighted by atomic mass is 10.0. The Hall–Kier alpha value is -0.820. The van der Waals surface area contributed by atoms with Gasteiger partial charge in [-0.2, -0.15) is 0 Å². The van der Waals surface area contributed by atoms with Gasteiger partial charge in [-0.1, -0.05) is 43.2 Å². The van der Waals surface area contributed by atoms with E-state index in [1.807, 2.05) is 0 Å². The highest BCUT2D eigenvalue weighted by molar-refractivity contribution is 5.25. The lowest BCUT2D eigenvalue weighted by molar-refractivity contribution is 0.129. The Kier molecular flexibility index (Phi) is 2.83. The van der Waals surface area contributed by atoms with Crippen LogP contribution in [-0.4, -0.2) is 10.7 Å². The van der Waals surface area contributed by atoms with E-state index >= 15 is 0 Å². The Morgan fingerprint density at radius 2 is 2.00 bits per heavy atom. The van der Waals surface area contributed by atoms with Gasteiger partial charge < -0.3 is 5.11 Å². The molecular weight excluding hydrogens is 184 g/mol. The zero-order valence-electron chi connectivity index (χ0n) is 9.66. The molecule has 0 saturated heterocycles. The molecule has 1 aromatic rings. The van der Waals surface area contributed by atoms with Gasteiger partial charge in [0, 0.05) is 6.42 Å². The second-order valence-electron chi connectivity index (χ2n) is 4.96. The van der Waals surface area contributed by atoms with Crippen molar-refractivity contribution >= 4 is 0 Å². The summed E-state index contributed by atoms with van der Waals surface area (Å²) in [6.07, 6.45) is 4.18. The van der Waals surface area contributed by atoms with Gasteiger partial charge in [0.15, 0.2) is 0 Å². The van der Waals surface area contributed by atoms with E-state index < -0.39 is 0 Å². The molecule has 2 rings (SSSR count). The third kappa shape index (κ3) is 2.40. The average molecular weight is 204 g/mol. The van der Waals surface area contributed by atoms with Crippen molar-refractivity contribution in [2.24, 2.45) is 5.92 Å². The molecule has 1 aliphatic rings. The molecule has 1 nitrogen and oxygen atoms in total. The largest absolute Gasteiger partial charge is 0.389 e. The summed E-state index contributed by atoms with van der Waals surface area (Å²) >= 11 is 0. The summed E-state index contributed by atoms with van der Waals surface area (Å²) in [5, 5.41) is 10.2. The maximum absolute atomic E-state index is 10.2. The molecule has 82 valence electrons. The first kappa shape index (κ1) is 10.7. The molecule has 0 aliphatic heterocycles. The van der Waals surface area contributed by atoms with Gasteiger partial charge in [-0.3, -0.25) is 0 Å². The Morgan fingerprint density at radius 3 is 2.60 bits per heavy atom. The summed E-state index contributed by atoms with van der Waals surface area (Å²) in [6, 6.07) is 8.51. The van der Waals surface area contributed by atoms with Crippen LogP contribution in [0.25, 0.3) is 0 Å². The molecule has 0 bridgehead atoms. The number of aryl methyl sites for hydroxylation is 1. The minimum atomic E-state index is -0.384. The number of rotatable bonds is 4. The maximum atomic E-state index is 10.2. The van der Waals surface area contributed by atoms with Crippen LogP contribution in [-0.2, 0) is 6.42 Å². The molecule has 0 radical (unpaired) electrons. The summed E-state index contributed by atoms with van der Waals surface area (Å²) < 4.78 is 0. The Morgan fingerprint density at radius 1 is 1.33 bits per heavy atom. The van der Waals surface area contributed by atoms with Crippen molar-refractivity contribution in [1.29, 1.82) is 0 Å². The standard InChI is InChI=1S/C14H20O/c1-3-4-13-10-14(13,15)9-12-7-5-11(2)6-8-12/h5-8,13,15H,3-4,9-10H2,1-2H3. The Balaban J connectivity index is 1.95. The van der Waals surface area contributed by atoms with Gasteiger partial charge in [0.05, 0.1) is 5.60 Å². The van der Waals surface area contributed by atoms with Crippen LogP contribution in [0.1, 0.15) is 37.3 Å². The van der Waals surface area contributed by atoms with E-state index in [2.05, 4.69) is 38.1 Å². The van der Waals surface area contributed by atoms with Crippen molar-refractivity contribution in [2.45, 2.75) is 45.1 Å². The molecule has 15 heavy (non-hydrogen) atoms. The molecule has 2 unspecified atom stereocenters. The van der Waals surface area contributed by atoms with Gasteiger partial charge in [0.1, 0.15) is 0 Å².